The Morgan fingerprint density at radius 1 is 1.24 bits per heavy atom. The summed E-state index contributed by atoms with van der Waals surface area (Å²) in [5.41, 5.74) is 2.27. The van der Waals surface area contributed by atoms with Crippen LogP contribution >= 0.6 is 0 Å². The Morgan fingerprint density at radius 3 is 2.84 bits per heavy atom. The van der Waals surface area contributed by atoms with Gasteiger partial charge in [-0.25, -0.2) is 4.98 Å². The van der Waals surface area contributed by atoms with Crippen LogP contribution in [0.4, 0.5) is 5.82 Å². The van der Waals surface area contributed by atoms with Gasteiger partial charge in [0.25, 0.3) is 0 Å². The SMILES string of the molecule is CC1=CC2CC(C2)C(CNc2ncc(O)cc2Oc2ccccc2)=N1. The van der Waals surface area contributed by atoms with Crippen LogP contribution in [0, 0.1) is 11.8 Å². The largest absolute Gasteiger partial charge is 0.506 e. The monoisotopic (exact) mass is 335 g/mol. The van der Waals surface area contributed by atoms with Crippen molar-refractivity contribution in [3.63, 3.8) is 0 Å². The van der Waals surface area contributed by atoms with Crippen molar-refractivity contribution in [1.29, 1.82) is 0 Å². The molecule has 128 valence electrons. The molecule has 3 heterocycles. The zero-order valence-electron chi connectivity index (χ0n) is 14.1. The van der Waals surface area contributed by atoms with E-state index < -0.39 is 0 Å². The highest BCUT2D eigenvalue weighted by molar-refractivity contribution is 5.92. The number of aliphatic imine (C=N–C) groups is 1. The van der Waals surface area contributed by atoms with E-state index in [0.29, 0.717) is 35.7 Å². The Hall–Kier alpha value is -2.82. The number of fused-ring (bicyclic) bond motifs is 1. The molecule has 1 aromatic carbocycles. The van der Waals surface area contributed by atoms with Gasteiger partial charge in [0.1, 0.15) is 11.5 Å². The number of hydrogen-bond acceptors (Lipinski definition) is 5. The van der Waals surface area contributed by atoms with E-state index in [9.17, 15) is 5.11 Å². The lowest BCUT2D eigenvalue weighted by Crippen LogP contribution is -2.32. The molecule has 2 N–H and O–H groups in total. The van der Waals surface area contributed by atoms with Gasteiger partial charge in [0.15, 0.2) is 11.6 Å². The molecule has 5 heteroatoms. The number of nitrogens with zero attached hydrogens (tertiary/aromatic N) is 2. The first kappa shape index (κ1) is 15.7. The highest BCUT2D eigenvalue weighted by atomic mass is 16.5. The Bertz CT molecular complexity index is 824. The minimum Gasteiger partial charge on any atom is -0.506 e. The second-order valence-electron chi connectivity index (χ2n) is 6.65. The lowest BCUT2D eigenvalue weighted by molar-refractivity contribution is 0.317. The normalized spacial score (nSPS) is 21.5. The highest BCUT2D eigenvalue weighted by Gasteiger charge is 2.33. The second kappa shape index (κ2) is 6.59. The number of aromatic nitrogens is 1. The molecule has 1 aliphatic carbocycles. The molecule has 2 bridgehead atoms. The minimum atomic E-state index is 0.0731. The maximum atomic E-state index is 9.75. The van der Waals surface area contributed by atoms with Crippen molar-refractivity contribution in [3.8, 4) is 17.2 Å². The van der Waals surface area contributed by atoms with Crippen molar-refractivity contribution in [3.05, 3.63) is 54.4 Å². The number of rotatable bonds is 5. The molecule has 25 heavy (non-hydrogen) atoms. The summed E-state index contributed by atoms with van der Waals surface area (Å²) in [6, 6.07) is 11.0. The average Bonchev–Trinajstić information content (AvgIpc) is 2.82. The topological polar surface area (TPSA) is 66.7 Å². The number of anilines is 1. The number of nitrogens with one attached hydrogen (secondary N) is 1. The standard InChI is InChI=1S/C20H21N3O2/c1-13-7-14-8-15(9-14)18(23-13)12-22-20-19(10-16(24)11-21-20)25-17-5-3-2-4-6-17/h2-7,10-11,14-15,24H,8-9,12H2,1H3,(H,21,22). The molecular formula is C20H21N3O2. The third kappa shape index (κ3) is 3.50. The average molecular weight is 335 g/mol. The Kier molecular flexibility index (Phi) is 4.14. The molecule has 5 nitrogen and oxygen atoms in total. The molecule has 1 aromatic heterocycles. The van der Waals surface area contributed by atoms with Crippen LogP contribution in [0.1, 0.15) is 19.8 Å². The van der Waals surface area contributed by atoms with Crippen molar-refractivity contribution in [2.24, 2.45) is 16.8 Å². The maximum Gasteiger partial charge on any atom is 0.173 e. The van der Waals surface area contributed by atoms with Gasteiger partial charge < -0.3 is 15.2 Å². The van der Waals surface area contributed by atoms with Crippen LogP contribution in [0.15, 0.2) is 59.4 Å². The molecule has 0 radical (unpaired) electrons. The fourth-order valence-corrected chi connectivity index (χ4v) is 3.38. The van der Waals surface area contributed by atoms with Gasteiger partial charge in [-0.2, -0.15) is 0 Å². The molecule has 3 aliphatic rings. The van der Waals surface area contributed by atoms with Crippen molar-refractivity contribution in [2.75, 3.05) is 11.9 Å². The van der Waals surface area contributed by atoms with E-state index in [1.165, 1.54) is 24.8 Å². The number of aromatic hydroxyl groups is 1. The molecular weight excluding hydrogens is 314 g/mol. The van der Waals surface area contributed by atoms with Crippen LogP contribution in [0.3, 0.4) is 0 Å². The van der Waals surface area contributed by atoms with Crippen molar-refractivity contribution < 1.29 is 9.84 Å². The quantitative estimate of drug-likeness (QED) is 0.851. The molecule has 0 spiro atoms. The lowest BCUT2D eigenvalue weighted by atomic mass is 9.73. The van der Waals surface area contributed by atoms with Crippen LogP contribution in [-0.2, 0) is 0 Å². The summed E-state index contributed by atoms with van der Waals surface area (Å²) >= 11 is 0. The summed E-state index contributed by atoms with van der Waals surface area (Å²) in [6.07, 6.45) is 6.06. The minimum absolute atomic E-state index is 0.0731. The number of para-hydroxylation sites is 1. The number of ether oxygens (including phenoxy) is 1. The summed E-state index contributed by atoms with van der Waals surface area (Å²) in [4.78, 5) is 9.03. The predicted octanol–water partition coefficient (Wildman–Crippen LogP) is 4.38. The molecule has 0 atom stereocenters. The van der Waals surface area contributed by atoms with Gasteiger partial charge in [0.2, 0.25) is 0 Å². The molecule has 0 saturated heterocycles. The summed E-state index contributed by atoms with van der Waals surface area (Å²) in [5.74, 6) is 3.12. The van der Waals surface area contributed by atoms with Crippen molar-refractivity contribution in [2.45, 2.75) is 19.8 Å². The van der Waals surface area contributed by atoms with Crippen LogP contribution in [0.2, 0.25) is 0 Å². The number of pyridine rings is 1. The zero-order valence-corrected chi connectivity index (χ0v) is 14.1. The number of allylic oxidation sites excluding steroid dienone is 2. The first-order chi connectivity index (χ1) is 12.2. The number of hydrogen-bond donors (Lipinski definition) is 2. The molecule has 5 rings (SSSR count). The van der Waals surface area contributed by atoms with Gasteiger partial charge in [0, 0.05) is 23.4 Å². The summed E-state index contributed by atoms with van der Waals surface area (Å²) in [6.45, 7) is 2.69. The first-order valence-electron chi connectivity index (χ1n) is 8.59. The lowest BCUT2D eigenvalue weighted by Gasteiger charge is -2.32. The van der Waals surface area contributed by atoms with E-state index in [1.807, 2.05) is 30.3 Å². The van der Waals surface area contributed by atoms with Crippen molar-refractivity contribution >= 4 is 11.5 Å². The van der Waals surface area contributed by atoms with Crippen LogP contribution in [-0.4, -0.2) is 22.3 Å². The first-order valence-corrected chi connectivity index (χ1v) is 8.59. The van der Waals surface area contributed by atoms with Gasteiger partial charge in [-0.1, -0.05) is 24.3 Å². The van der Waals surface area contributed by atoms with Crippen LogP contribution in [0.5, 0.6) is 17.2 Å². The third-order valence-corrected chi connectivity index (χ3v) is 4.69. The fourth-order valence-electron chi connectivity index (χ4n) is 3.38. The molecule has 1 fully saturated rings. The Labute approximate surface area is 147 Å². The molecule has 2 aromatic rings. The van der Waals surface area contributed by atoms with Crippen LogP contribution < -0.4 is 10.1 Å². The van der Waals surface area contributed by atoms with E-state index in [2.05, 4.69) is 23.3 Å². The Morgan fingerprint density at radius 2 is 2.04 bits per heavy atom. The second-order valence-corrected chi connectivity index (χ2v) is 6.65. The van der Waals surface area contributed by atoms with E-state index in [-0.39, 0.29) is 5.75 Å². The molecule has 0 unspecified atom stereocenters. The van der Waals surface area contributed by atoms with E-state index in [0.717, 1.165) is 5.70 Å². The molecule has 0 amide bonds. The zero-order chi connectivity index (χ0) is 17.2. The van der Waals surface area contributed by atoms with Gasteiger partial charge in [-0.05, 0) is 37.8 Å². The summed E-state index contributed by atoms with van der Waals surface area (Å²) < 4.78 is 5.88. The van der Waals surface area contributed by atoms with Gasteiger partial charge in [-0.3, -0.25) is 4.99 Å². The fraction of sp³-hybridized carbons (Fsp3) is 0.300. The van der Waals surface area contributed by atoms with Gasteiger partial charge in [0.05, 0.1) is 12.7 Å². The van der Waals surface area contributed by atoms with Crippen molar-refractivity contribution in [1.82, 2.24) is 4.98 Å². The number of benzene rings is 1. The summed E-state index contributed by atoms with van der Waals surface area (Å²) in [5, 5.41) is 13.1. The van der Waals surface area contributed by atoms with E-state index in [4.69, 9.17) is 9.73 Å². The maximum absolute atomic E-state index is 9.75. The van der Waals surface area contributed by atoms with Gasteiger partial charge >= 0.3 is 0 Å². The van der Waals surface area contributed by atoms with Gasteiger partial charge in [-0.15, -0.1) is 0 Å². The van der Waals surface area contributed by atoms with Crippen LogP contribution in [0.25, 0.3) is 0 Å². The highest BCUT2D eigenvalue weighted by Crippen LogP contribution is 2.39. The summed E-state index contributed by atoms with van der Waals surface area (Å²) in [7, 11) is 0. The Balaban J connectivity index is 1.51. The smallest absolute Gasteiger partial charge is 0.173 e. The molecule has 1 saturated carbocycles. The van der Waals surface area contributed by atoms with E-state index >= 15 is 0 Å². The molecule has 2 aliphatic heterocycles. The third-order valence-electron chi connectivity index (χ3n) is 4.69. The van der Waals surface area contributed by atoms with E-state index in [1.54, 1.807) is 6.07 Å². The predicted molar refractivity (Wildman–Crippen MR) is 98.3 cm³/mol.